The Bertz CT molecular complexity index is 756. The average molecular weight is 275 g/mol. The van der Waals surface area contributed by atoms with Gasteiger partial charge in [-0.05, 0) is 23.8 Å². The van der Waals surface area contributed by atoms with E-state index in [-0.39, 0.29) is 11.7 Å². The van der Waals surface area contributed by atoms with E-state index in [2.05, 4.69) is 4.85 Å². The van der Waals surface area contributed by atoms with E-state index in [4.69, 9.17) is 11.3 Å². The maximum Gasteiger partial charge on any atom is 0.187 e. The van der Waals surface area contributed by atoms with Gasteiger partial charge in [0.25, 0.3) is 0 Å². The van der Waals surface area contributed by atoms with Crippen LogP contribution in [0.15, 0.2) is 54.6 Å². The second-order valence-electron chi connectivity index (χ2n) is 4.84. The van der Waals surface area contributed by atoms with Gasteiger partial charge in [0, 0.05) is 0 Å². The quantitative estimate of drug-likeness (QED) is 0.771. The summed E-state index contributed by atoms with van der Waals surface area (Å²) in [6.07, 6.45) is 3.72. The first-order chi connectivity index (χ1) is 10.3. The van der Waals surface area contributed by atoms with Crippen molar-refractivity contribution in [1.29, 1.82) is 0 Å². The molecule has 3 rings (SSSR count). The van der Waals surface area contributed by atoms with Crippen molar-refractivity contribution in [2.45, 2.75) is 0 Å². The van der Waals surface area contributed by atoms with Gasteiger partial charge in [-0.1, -0.05) is 42.5 Å². The molecule has 21 heavy (non-hydrogen) atoms. The highest BCUT2D eigenvalue weighted by Gasteiger charge is 2.26. The molecule has 1 atom stereocenters. The molecule has 3 nitrogen and oxygen atoms in total. The molecule has 0 amide bonds. The van der Waals surface area contributed by atoms with Crippen LogP contribution in [0, 0.1) is 12.5 Å². The first-order valence-corrected chi connectivity index (χ1v) is 6.70. The summed E-state index contributed by atoms with van der Waals surface area (Å²) in [4.78, 5) is 15.8. The molecule has 1 aliphatic heterocycles. The van der Waals surface area contributed by atoms with E-state index in [0.29, 0.717) is 23.6 Å². The van der Waals surface area contributed by atoms with Crippen LogP contribution in [0.3, 0.4) is 0 Å². The van der Waals surface area contributed by atoms with Gasteiger partial charge in [-0.15, -0.1) is 0 Å². The molecule has 0 spiro atoms. The third-order valence-electron chi connectivity index (χ3n) is 3.43. The molecule has 1 aliphatic rings. The zero-order valence-electron chi connectivity index (χ0n) is 11.3. The zero-order valence-corrected chi connectivity index (χ0v) is 11.3. The number of Topliss-reactive ketones (excluding diaryl/α,β-unsaturated/α-hetero) is 1. The van der Waals surface area contributed by atoms with Crippen LogP contribution in [0.2, 0.25) is 0 Å². The van der Waals surface area contributed by atoms with Gasteiger partial charge >= 0.3 is 0 Å². The summed E-state index contributed by atoms with van der Waals surface area (Å²) in [5.74, 6) is 0.452. The predicted octanol–water partition coefficient (Wildman–Crippen LogP) is 4.14. The molecule has 0 fully saturated rings. The van der Waals surface area contributed by atoms with E-state index in [1.165, 1.54) is 0 Å². The average Bonchev–Trinajstić information content (AvgIpc) is 2.55. The predicted molar refractivity (Wildman–Crippen MR) is 81.5 cm³/mol. The van der Waals surface area contributed by atoms with Gasteiger partial charge < -0.3 is 4.74 Å². The Kier molecular flexibility index (Phi) is 3.53. The number of benzene rings is 2. The van der Waals surface area contributed by atoms with Gasteiger partial charge in [0.15, 0.2) is 11.5 Å². The molecule has 0 N–H and O–H groups in total. The van der Waals surface area contributed by atoms with Crippen LogP contribution in [-0.2, 0) is 0 Å². The van der Waals surface area contributed by atoms with Gasteiger partial charge in [-0.3, -0.25) is 4.79 Å². The Morgan fingerprint density at radius 1 is 1.19 bits per heavy atom. The molecule has 1 unspecified atom stereocenters. The number of carbonyl (C=O) groups is 1. The number of ketones is 1. The fourth-order valence-electron chi connectivity index (χ4n) is 2.32. The lowest BCUT2D eigenvalue weighted by Gasteiger charge is -2.21. The van der Waals surface area contributed by atoms with Crippen molar-refractivity contribution in [2.24, 2.45) is 5.92 Å². The SMILES string of the molecule is [C-]#[N+]c1cccc(/C=C/C2COc3ccccc3C2=O)c1. The van der Waals surface area contributed by atoms with Gasteiger partial charge in [0.05, 0.1) is 18.1 Å². The first kappa shape index (κ1) is 13.1. The normalized spacial score (nSPS) is 17.1. The minimum absolute atomic E-state index is 0.0782. The standard InChI is InChI=1S/C18H13NO2/c1-19-15-6-4-5-13(11-15)9-10-14-12-21-17-8-3-2-7-16(17)18(14)20/h2-11,14H,12H2/b10-9+. The van der Waals surface area contributed by atoms with Crippen molar-refractivity contribution in [2.75, 3.05) is 6.61 Å². The molecule has 2 aromatic rings. The number of ether oxygens (including phenoxy) is 1. The summed E-state index contributed by atoms with van der Waals surface area (Å²) in [6.45, 7) is 7.36. The van der Waals surface area contributed by atoms with Gasteiger partial charge in [-0.2, -0.15) is 0 Å². The summed E-state index contributed by atoms with van der Waals surface area (Å²) < 4.78 is 5.62. The first-order valence-electron chi connectivity index (χ1n) is 6.70. The maximum absolute atomic E-state index is 12.4. The molecule has 0 radical (unpaired) electrons. The lowest BCUT2D eigenvalue weighted by atomic mass is 9.94. The van der Waals surface area contributed by atoms with E-state index in [1.807, 2.05) is 42.5 Å². The lowest BCUT2D eigenvalue weighted by Crippen LogP contribution is -2.26. The molecule has 0 saturated carbocycles. The Balaban J connectivity index is 1.82. The Labute approximate surface area is 123 Å². The summed E-state index contributed by atoms with van der Waals surface area (Å²) >= 11 is 0. The van der Waals surface area contributed by atoms with Crippen molar-refractivity contribution in [3.63, 3.8) is 0 Å². The van der Waals surface area contributed by atoms with E-state index in [9.17, 15) is 4.79 Å². The van der Waals surface area contributed by atoms with Crippen molar-refractivity contribution in [1.82, 2.24) is 0 Å². The molecule has 0 bridgehead atoms. The Hall–Kier alpha value is -2.86. The van der Waals surface area contributed by atoms with Crippen LogP contribution in [0.1, 0.15) is 15.9 Å². The number of hydrogen-bond donors (Lipinski definition) is 0. The molecular formula is C18H13NO2. The highest BCUT2D eigenvalue weighted by molar-refractivity contribution is 6.02. The molecule has 2 aromatic carbocycles. The number of fused-ring (bicyclic) bond motifs is 1. The fourth-order valence-corrected chi connectivity index (χ4v) is 2.32. The number of hydrogen-bond acceptors (Lipinski definition) is 2. The molecule has 3 heteroatoms. The fraction of sp³-hybridized carbons (Fsp3) is 0.111. The lowest BCUT2D eigenvalue weighted by molar-refractivity contribution is 0.0874. The molecule has 0 aromatic heterocycles. The van der Waals surface area contributed by atoms with Crippen LogP contribution >= 0.6 is 0 Å². The van der Waals surface area contributed by atoms with Crippen LogP contribution in [0.5, 0.6) is 5.75 Å². The molecular weight excluding hydrogens is 262 g/mol. The number of nitrogens with zero attached hydrogens (tertiary/aromatic N) is 1. The van der Waals surface area contributed by atoms with Crippen LogP contribution in [-0.4, -0.2) is 12.4 Å². The van der Waals surface area contributed by atoms with Crippen LogP contribution in [0.4, 0.5) is 5.69 Å². The highest BCUT2D eigenvalue weighted by atomic mass is 16.5. The molecule has 0 aliphatic carbocycles. The second-order valence-corrected chi connectivity index (χ2v) is 4.84. The second kappa shape index (κ2) is 5.64. The molecule has 0 saturated heterocycles. The summed E-state index contributed by atoms with van der Waals surface area (Å²) in [5.41, 5.74) is 2.14. The van der Waals surface area contributed by atoms with E-state index < -0.39 is 0 Å². The van der Waals surface area contributed by atoms with Gasteiger partial charge in [-0.25, -0.2) is 4.85 Å². The van der Waals surface area contributed by atoms with Crippen molar-refractivity contribution in [3.8, 4) is 5.75 Å². The number of para-hydroxylation sites is 1. The Morgan fingerprint density at radius 2 is 2.05 bits per heavy atom. The summed E-state index contributed by atoms with van der Waals surface area (Å²) in [7, 11) is 0. The smallest absolute Gasteiger partial charge is 0.187 e. The third-order valence-corrected chi connectivity index (χ3v) is 3.43. The van der Waals surface area contributed by atoms with E-state index in [1.54, 1.807) is 18.2 Å². The van der Waals surface area contributed by atoms with Gasteiger partial charge in [0.1, 0.15) is 12.4 Å². The van der Waals surface area contributed by atoms with Crippen molar-refractivity contribution < 1.29 is 9.53 Å². The molecule has 1 heterocycles. The topological polar surface area (TPSA) is 30.7 Å². The highest BCUT2D eigenvalue weighted by Crippen LogP contribution is 2.28. The summed E-state index contributed by atoms with van der Waals surface area (Å²) in [6, 6.07) is 14.6. The van der Waals surface area contributed by atoms with E-state index >= 15 is 0 Å². The maximum atomic E-state index is 12.4. The van der Waals surface area contributed by atoms with Crippen LogP contribution < -0.4 is 4.74 Å². The minimum atomic E-state index is -0.281. The van der Waals surface area contributed by atoms with Gasteiger partial charge in [0.2, 0.25) is 0 Å². The molecule has 102 valence electrons. The number of carbonyl (C=O) groups excluding carboxylic acids is 1. The van der Waals surface area contributed by atoms with Crippen LogP contribution in [0.25, 0.3) is 10.9 Å². The third kappa shape index (κ3) is 2.70. The van der Waals surface area contributed by atoms with Crippen molar-refractivity contribution in [3.05, 3.63) is 77.2 Å². The monoisotopic (exact) mass is 275 g/mol. The summed E-state index contributed by atoms with van der Waals surface area (Å²) in [5, 5.41) is 0. The van der Waals surface area contributed by atoms with E-state index in [0.717, 1.165) is 5.56 Å². The zero-order chi connectivity index (χ0) is 14.7. The largest absolute Gasteiger partial charge is 0.492 e. The Morgan fingerprint density at radius 3 is 2.90 bits per heavy atom. The number of rotatable bonds is 2. The van der Waals surface area contributed by atoms with Crippen molar-refractivity contribution >= 4 is 17.5 Å². The minimum Gasteiger partial charge on any atom is -0.492 e.